The zero-order valence-corrected chi connectivity index (χ0v) is 12.6. The number of aromatic nitrogens is 2. The lowest BCUT2D eigenvalue weighted by molar-refractivity contribution is 0.359. The standard InChI is InChI=1S/C15H22N4O/c1-5-19(12-8-6-7-11(2)9-12)10-13-17-14(18-20-13)15(3,4)16/h6-9H,5,10,16H2,1-4H3. The van der Waals surface area contributed by atoms with Crippen LogP contribution < -0.4 is 10.6 Å². The SMILES string of the molecule is CCN(Cc1nc(C(C)(C)N)no1)c1cccc(C)c1. The fourth-order valence-electron chi connectivity index (χ4n) is 1.95. The molecule has 108 valence electrons. The van der Waals surface area contributed by atoms with E-state index in [9.17, 15) is 0 Å². The normalized spacial score (nSPS) is 11.7. The number of nitrogens with two attached hydrogens (primary N) is 1. The molecule has 0 fully saturated rings. The van der Waals surface area contributed by atoms with Crippen LogP contribution in [0.25, 0.3) is 0 Å². The van der Waals surface area contributed by atoms with E-state index in [1.54, 1.807) is 0 Å². The number of aryl methyl sites for hydroxylation is 1. The van der Waals surface area contributed by atoms with E-state index >= 15 is 0 Å². The fourth-order valence-corrected chi connectivity index (χ4v) is 1.95. The van der Waals surface area contributed by atoms with Gasteiger partial charge in [-0.1, -0.05) is 17.3 Å². The van der Waals surface area contributed by atoms with E-state index in [0.717, 1.165) is 12.2 Å². The molecule has 0 bridgehead atoms. The van der Waals surface area contributed by atoms with Gasteiger partial charge in [-0.3, -0.25) is 0 Å². The number of benzene rings is 1. The molecule has 0 aliphatic carbocycles. The molecule has 0 saturated heterocycles. The Labute approximate surface area is 119 Å². The molecule has 0 aliphatic heterocycles. The van der Waals surface area contributed by atoms with Gasteiger partial charge in [0.25, 0.3) is 0 Å². The first-order valence-corrected chi connectivity index (χ1v) is 6.83. The van der Waals surface area contributed by atoms with Crippen molar-refractivity contribution in [2.75, 3.05) is 11.4 Å². The minimum absolute atomic E-state index is 0.535. The summed E-state index contributed by atoms with van der Waals surface area (Å²) in [4.78, 5) is 6.56. The average molecular weight is 274 g/mol. The minimum Gasteiger partial charge on any atom is -0.362 e. The minimum atomic E-state index is -0.581. The van der Waals surface area contributed by atoms with Crippen molar-refractivity contribution < 1.29 is 4.52 Å². The van der Waals surface area contributed by atoms with Crippen LogP contribution in [0.1, 0.15) is 38.0 Å². The highest BCUT2D eigenvalue weighted by molar-refractivity contribution is 5.48. The van der Waals surface area contributed by atoms with Crippen LogP contribution in [-0.2, 0) is 12.1 Å². The van der Waals surface area contributed by atoms with E-state index in [0.29, 0.717) is 18.3 Å². The van der Waals surface area contributed by atoms with Crippen LogP contribution >= 0.6 is 0 Å². The average Bonchev–Trinajstić information content (AvgIpc) is 2.84. The maximum absolute atomic E-state index is 5.97. The first-order chi connectivity index (χ1) is 9.40. The Morgan fingerprint density at radius 2 is 2.10 bits per heavy atom. The second-order valence-corrected chi connectivity index (χ2v) is 5.59. The molecule has 0 spiro atoms. The molecule has 0 amide bonds. The van der Waals surface area contributed by atoms with E-state index in [2.05, 4.69) is 53.2 Å². The molecule has 0 atom stereocenters. The van der Waals surface area contributed by atoms with Crippen molar-refractivity contribution in [2.45, 2.75) is 39.8 Å². The van der Waals surface area contributed by atoms with Gasteiger partial charge in [-0.2, -0.15) is 4.98 Å². The van der Waals surface area contributed by atoms with Crippen LogP contribution in [0.5, 0.6) is 0 Å². The Bertz CT molecular complexity index is 571. The van der Waals surface area contributed by atoms with E-state index in [1.807, 2.05) is 13.8 Å². The highest BCUT2D eigenvalue weighted by atomic mass is 16.5. The molecule has 2 rings (SSSR count). The summed E-state index contributed by atoms with van der Waals surface area (Å²) in [5.74, 6) is 1.12. The zero-order valence-electron chi connectivity index (χ0n) is 12.6. The fraction of sp³-hybridized carbons (Fsp3) is 0.467. The van der Waals surface area contributed by atoms with Gasteiger partial charge >= 0.3 is 0 Å². The zero-order chi connectivity index (χ0) is 14.8. The maximum Gasteiger partial charge on any atom is 0.246 e. The van der Waals surface area contributed by atoms with Gasteiger partial charge in [0, 0.05) is 12.2 Å². The molecule has 0 aliphatic rings. The predicted octanol–water partition coefficient (Wildman–Crippen LogP) is 2.60. The van der Waals surface area contributed by atoms with Crippen LogP contribution in [0.15, 0.2) is 28.8 Å². The summed E-state index contributed by atoms with van der Waals surface area (Å²) in [6, 6.07) is 8.36. The van der Waals surface area contributed by atoms with Crippen LogP contribution in [0.2, 0.25) is 0 Å². The Hall–Kier alpha value is -1.88. The molecule has 1 aromatic carbocycles. The smallest absolute Gasteiger partial charge is 0.246 e. The molecule has 2 N–H and O–H groups in total. The lowest BCUT2D eigenvalue weighted by atomic mass is 10.1. The van der Waals surface area contributed by atoms with Crippen molar-refractivity contribution in [2.24, 2.45) is 5.73 Å². The molecular weight excluding hydrogens is 252 g/mol. The van der Waals surface area contributed by atoms with E-state index in [4.69, 9.17) is 10.3 Å². The molecular formula is C15H22N4O. The largest absolute Gasteiger partial charge is 0.362 e. The monoisotopic (exact) mass is 274 g/mol. The molecule has 1 heterocycles. The maximum atomic E-state index is 5.97. The van der Waals surface area contributed by atoms with Gasteiger partial charge in [0.15, 0.2) is 5.82 Å². The van der Waals surface area contributed by atoms with Gasteiger partial charge in [0.2, 0.25) is 5.89 Å². The van der Waals surface area contributed by atoms with Crippen LogP contribution in [0.4, 0.5) is 5.69 Å². The van der Waals surface area contributed by atoms with E-state index < -0.39 is 5.54 Å². The Morgan fingerprint density at radius 3 is 2.65 bits per heavy atom. The van der Waals surface area contributed by atoms with Gasteiger partial charge in [0.05, 0.1) is 12.1 Å². The van der Waals surface area contributed by atoms with Crippen molar-refractivity contribution in [1.29, 1.82) is 0 Å². The molecule has 5 heteroatoms. The van der Waals surface area contributed by atoms with Crippen molar-refractivity contribution in [1.82, 2.24) is 10.1 Å². The molecule has 2 aromatic rings. The molecule has 1 aromatic heterocycles. The highest BCUT2D eigenvalue weighted by Gasteiger charge is 2.22. The summed E-state index contributed by atoms with van der Waals surface area (Å²) in [6.07, 6.45) is 0. The summed E-state index contributed by atoms with van der Waals surface area (Å²) in [5, 5.41) is 3.95. The van der Waals surface area contributed by atoms with Crippen LogP contribution in [-0.4, -0.2) is 16.7 Å². The van der Waals surface area contributed by atoms with E-state index in [-0.39, 0.29) is 0 Å². The number of hydrogen-bond acceptors (Lipinski definition) is 5. The lowest BCUT2D eigenvalue weighted by Gasteiger charge is -2.21. The molecule has 0 unspecified atom stereocenters. The van der Waals surface area contributed by atoms with E-state index in [1.165, 1.54) is 5.56 Å². The Balaban J connectivity index is 2.16. The Morgan fingerprint density at radius 1 is 1.35 bits per heavy atom. The first kappa shape index (κ1) is 14.5. The van der Waals surface area contributed by atoms with Gasteiger partial charge in [-0.15, -0.1) is 0 Å². The highest BCUT2D eigenvalue weighted by Crippen LogP contribution is 2.19. The first-order valence-electron chi connectivity index (χ1n) is 6.83. The summed E-state index contributed by atoms with van der Waals surface area (Å²) < 4.78 is 5.29. The second-order valence-electron chi connectivity index (χ2n) is 5.59. The summed E-state index contributed by atoms with van der Waals surface area (Å²) in [6.45, 7) is 9.36. The van der Waals surface area contributed by atoms with Gasteiger partial charge in [-0.25, -0.2) is 0 Å². The summed E-state index contributed by atoms with van der Waals surface area (Å²) in [7, 11) is 0. The van der Waals surface area contributed by atoms with Crippen LogP contribution in [0.3, 0.4) is 0 Å². The number of rotatable bonds is 5. The third kappa shape index (κ3) is 3.36. The van der Waals surface area contributed by atoms with Crippen molar-refractivity contribution in [3.63, 3.8) is 0 Å². The topological polar surface area (TPSA) is 68.2 Å². The lowest BCUT2D eigenvalue weighted by Crippen LogP contribution is -2.30. The van der Waals surface area contributed by atoms with Crippen LogP contribution in [0, 0.1) is 6.92 Å². The second kappa shape index (κ2) is 5.63. The molecule has 20 heavy (non-hydrogen) atoms. The summed E-state index contributed by atoms with van der Waals surface area (Å²) in [5.41, 5.74) is 7.77. The van der Waals surface area contributed by atoms with Gasteiger partial charge in [0.1, 0.15) is 0 Å². The quantitative estimate of drug-likeness (QED) is 0.907. The number of nitrogens with zero attached hydrogens (tertiary/aromatic N) is 3. The molecule has 0 saturated carbocycles. The number of anilines is 1. The number of hydrogen-bond donors (Lipinski definition) is 1. The summed E-state index contributed by atoms with van der Waals surface area (Å²) >= 11 is 0. The predicted molar refractivity (Wildman–Crippen MR) is 79.4 cm³/mol. The third-order valence-electron chi connectivity index (χ3n) is 3.12. The van der Waals surface area contributed by atoms with Gasteiger partial charge in [-0.05, 0) is 45.4 Å². The molecule has 0 radical (unpaired) electrons. The molecule has 5 nitrogen and oxygen atoms in total. The third-order valence-corrected chi connectivity index (χ3v) is 3.12. The van der Waals surface area contributed by atoms with Crippen molar-refractivity contribution >= 4 is 5.69 Å². The Kier molecular flexibility index (Phi) is 4.09. The van der Waals surface area contributed by atoms with Gasteiger partial charge < -0.3 is 15.2 Å². The van der Waals surface area contributed by atoms with Crippen molar-refractivity contribution in [3.05, 3.63) is 41.5 Å². The van der Waals surface area contributed by atoms with Crippen molar-refractivity contribution in [3.8, 4) is 0 Å².